The van der Waals surface area contributed by atoms with Crippen molar-refractivity contribution in [3.8, 4) is 0 Å². The molecule has 0 spiro atoms. The summed E-state index contributed by atoms with van der Waals surface area (Å²) in [6.45, 7) is 2.15. The van der Waals surface area contributed by atoms with E-state index in [4.69, 9.17) is 5.73 Å². The Morgan fingerprint density at radius 3 is 2.45 bits per heavy atom. The quantitative estimate of drug-likeness (QED) is 0.790. The summed E-state index contributed by atoms with van der Waals surface area (Å²) >= 11 is 0. The highest BCUT2D eigenvalue weighted by atomic mass is 16.2. The van der Waals surface area contributed by atoms with Crippen molar-refractivity contribution < 1.29 is 9.59 Å². The molecule has 1 rings (SSSR count). The molecule has 0 saturated heterocycles. The van der Waals surface area contributed by atoms with E-state index < -0.39 is 6.04 Å². The van der Waals surface area contributed by atoms with Crippen molar-refractivity contribution in [2.24, 2.45) is 11.7 Å². The van der Waals surface area contributed by atoms with Gasteiger partial charge in [0.2, 0.25) is 11.8 Å². The Balaban J connectivity index is 2.53. The lowest BCUT2D eigenvalue weighted by Crippen LogP contribution is -2.46. The summed E-state index contributed by atoms with van der Waals surface area (Å²) in [7, 11) is 3.26. The van der Waals surface area contributed by atoms with Gasteiger partial charge in [0.1, 0.15) is 0 Å². The molecule has 0 radical (unpaired) electrons. The van der Waals surface area contributed by atoms with Crippen LogP contribution >= 0.6 is 0 Å². The van der Waals surface area contributed by atoms with Crippen molar-refractivity contribution in [2.45, 2.75) is 19.4 Å². The van der Waals surface area contributed by atoms with Crippen LogP contribution in [0.4, 0.5) is 0 Å². The molecule has 0 heterocycles. The Hall–Kier alpha value is -1.88. The van der Waals surface area contributed by atoms with E-state index in [1.54, 1.807) is 21.0 Å². The van der Waals surface area contributed by atoms with Crippen LogP contribution in [0.1, 0.15) is 12.5 Å². The predicted octanol–water partition coefficient (Wildman–Crippen LogP) is 0.397. The van der Waals surface area contributed by atoms with Crippen LogP contribution < -0.4 is 11.1 Å². The number of carbonyl (C=O) groups is 2. The predicted molar refractivity (Wildman–Crippen MR) is 79.0 cm³/mol. The number of rotatable bonds is 6. The molecule has 5 heteroatoms. The fraction of sp³-hybridized carbons (Fsp3) is 0.467. The van der Waals surface area contributed by atoms with Crippen molar-refractivity contribution in [3.05, 3.63) is 35.9 Å². The molecule has 2 atom stereocenters. The number of carbonyl (C=O) groups excluding carboxylic acids is 2. The Kier molecular flexibility index (Phi) is 6.18. The standard InChI is InChI=1S/C15H23N3O2/c1-11(14(19)17-2)10-18(3)15(20)13(16)9-12-7-5-4-6-8-12/h4-8,11,13H,9-10,16H2,1-3H3,(H,17,19). The second kappa shape index (κ2) is 7.65. The monoisotopic (exact) mass is 277 g/mol. The highest BCUT2D eigenvalue weighted by molar-refractivity contribution is 5.83. The molecule has 2 unspecified atom stereocenters. The zero-order chi connectivity index (χ0) is 15.1. The molecule has 2 amide bonds. The third-order valence-electron chi connectivity index (χ3n) is 3.23. The van der Waals surface area contributed by atoms with Gasteiger partial charge < -0.3 is 16.0 Å². The van der Waals surface area contributed by atoms with Crippen molar-refractivity contribution in [2.75, 3.05) is 20.6 Å². The molecule has 3 N–H and O–H groups in total. The number of nitrogens with zero attached hydrogens (tertiary/aromatic N) is 1. The summed E-state index contributed by atoms with van der Waals surface area (Å²) in [6, 6.07) is 9.07. The number of hydrogen-bond acceptors (Lipinski definition) is 3. The molecule has 0 aromatic heterocycles. The van der Waals surface area contributed by atoms with E-state index in [-0.39, 0.29) is 17.7 Å². The van der Waals surface area contributed by atoms with E-state index >= 15 is 0 Å². The smallest absolute Gasteiger partial charge is 0.239 e. The number of amides is 2. The SMILES string of the molecule is CNC(=O)C(C)CN(C)C(=O)C(N)Cc1ccccc1. The summed E-state index contributed by atoms with van der Waals surface area (Å²) in [4.78, 5) is 25.1. The van der Waals surface area contributed by atoms with Gasteiger partial charge in [-0.15, -0.1) is 0 Å². The minimum Gasteiger partial charge on any atom is -0.359 e. The number of nitrogens with one attached hydrogen (secondary N) is 1. The topological polar surface area (TPSA) is 75.4 Å². The van der Waals surface area contributed by atoms with Crippen molar-refractivity contribution >= 4 is 11.8 Å². The van der Waals surface area contributed by atoms with Crippen LogP contribution in [0.2, 0.25) is 0 Å². The van der Waals surface area contributed by atoms with Gasteiger partial charge in [0.25, 0.3) is 0 Å². The van der Waals surface area contributed by atoms with E-state index in [2.05, 4.69) is 5.32 Å². The highest BCUT2D eigenvalue weighted by Gasteiger charge is 2.22. The van der Waals surface area contributed by atoms with Gasteiger partial charge in [-0.2, -0.15) is 0 Å². The molecular formula is C15H23N3O2. The van der Waals surface area contributed by atoms with Crippen molar-refractivity contribution in [1.29, 1.82) is 0 Å². The molecule has 1 aromatic rings. The third-order valence-corrected chi connectivity index (χ3v) is 3.23. The first-order valence-electron chi connectivity index (χ1n) is 6.71. The van der Waals surface area contributed by atoms with E-state index in [0.717, 1.165) is 5.56 Å². The molecule has 0 aliphatic carbocycles. The van der Waals surface area contributed by atoms with Gasteiger partial charge in [0.15, 0.2) is 0 Å². The molecule has 1 aromatic carbocycles. The van der Waals surface area contributed by atoms with Crippen LogP contribution in [0.3, 0.4) is 0 Å². The average Bonchev–Trinajstić information content (AvgIpc) is 2.46. The zero-order valence-corrected chi connectivity index (χ0v) is 12.3. The lowest BCUT2D eigenvalue weighted by molar-refractivity contribution is -0.133. The first kappa shape index (κ1) is 16.2. The third kappa shape index (κ3) is 4.66. The number of likely N-dealkylation sites (N-methyl/N-ethyl adjacent to an activating group) is 1. The second-order valence-corrected chi connectivity index (χ2v) is 5.03. The van der Waals surface area contributed by atoms with Crippen LogP contribution in [0.5, 0.6) is 0 Å². The lowest BCUT2D eigenvalue weighted by atomic mass is 10.0. The van der Waals surface area contributed by atoms with Gasteiger partial charge >= 0.3 is 0 Å². The molecule has 0 saturated carbocycles. The maximum atomic E-state index is 12.2. The maximum Gasteiger partial charge on any atom is 0.239 e. The van der Waals surface area contributed by atoms with Crippen LogP contribution in [0.25, 0.3) is 0 Å². The van der Waals surface area contributed by atoms with Gasteiger partial charge in [-0.25, -0.2) is 0 Å². The molecule has 20 heavy (non-hydrogen) atoms. The Morgan fingerprint density at radius 2 is 1.90 bits per heavy atom. The Morgan fingerprint density at radius 1 is 1.30 bits per heavy atom. The number of hydrogen-bond donors (Lipinski definition) is 2. The van der Waals surface area contributed by atoms with E-state index in [1.165, 1.54) is 4.90 Å². The minimum atomic E-state index is -0.584. The normalized spacial score (nSPS) is 13.4. The summed E-state index contributed by atoms with van der Waals surface area (Å²) in [5.41, 5.74) is 6.97. The average molecular weight is 277 g/mol. The van der Waals surface area contributed by atoms with E-state index in [1.807, 2.05) is 30.3 Å². The first-order valence-corrected chi connectivity index (χ1v) is 6.71. The molecule has 5 nitrogen and oxygen atoms in total. The Labute approximate surface area is 120 Å². The molecule has 0 bridgehead atoms. The minimum absolute atomic E-state index is 0.0821. The van der Waals surface area contributed by atoms with Gasteiger partial charge in [-0.05, 0) is 12.0 Å². The molecule has 0 aliphatic heterocycles. The summed E-state index contributed by atoms with van der Waals surface area (Å²) < 4.78 is 0. The molecule has 0 aliphatic rings. The van der Waals surface area contributed by atoms with Crippen LogP contribution in [-0.4, -0.2) is 43.4 Å². The van der Waals surface area contributed by atoms with Crippen molar-refractivity contribution in [3.63, 3.8) is 0 Å². The van der Waals surface area contributed by atoms with E-state index in [9.17, 15) is 9.59 Å². The van der Waals surface area contributed by atoms with Crippen LogP contribution in [-0.2, 0) is 16.0 Å². The molecule has 0 fully saturated rings. The Bertz CT molecular complexity index is 448. The highest BCUT2D eigenvalue weighted by Crippen LogP contribution is 2.05. The van der Waals surface area contributed by atoms with Gasteiger partial charge in [0.05, 0.1) is 12.0 Å². The maximum absolute atomic E-state index is 12.2. The molecular weight excluding hydrogens is 254 g/mol. The lowest BCUT2D eigenvalue weighted by Gasteiger charge is -2.24. The summed E-state index contributed by atoms with van der Waals surface area (Å²) in [5, 5.41) is 2.57. The van der Waals surface area contributed by atoms with E-state index in [0.29, 0.717) is 13.0 Å². The van der Waals surface area contributed by atoms with Crippen LogP contribution in [0.15, 0.2) is 30.3 Å². The second-order valence-electron chi connectivity index (χ2n) is 5.03. The fourth-order valence-corrected chi connectivity index (χ4v) is 2.07. The van der Waals surface area contributed by atoms with Gasteiger partial charge in [0, 0.05) is 20.6 Å². The summed E-state index contributed by atoms with van der Waals surface area (Å²) in [5.74, 6) is -0.483. The van der Waals surface area contributed by atoms with Gasteiger partial charge in [-0.1, -0.05) is 37.3 Å². The summed E-state index contributed by atoms with van der Waals surface area (Å²) in [6.07, 6.45) is 0.498. The van der Waals surface area contributed by atoms with Crippen molar-refractivity contribution in [1.82, 2.24) is 10.2 Å². The first-order chi connectivity index (χ1) is 9.45. The number of benzene rings is 1. The largest absolute Gasteiger partial charge is 0.359 e. The van der Waals surface area contributed by atoms with Crippen LogP contribution in [0, 0.1) is 5.92 Å². The molecule has 110 valence electrons. The fourth-order valence-electron chi connectivity index (χ4n) is 2.07. The zero-order valence-electron chi connectivity index (χ0n) is 12.3. The number of nitrogens with two attached hydrogens (primary N) is 1. The van der Waals surface area contributed by atoms with Gasteiger partial charge in [-0.3, -0.25) is 9.59 Å².